The van der Waals surface area contributed by atoms with Gasteiger partial charge in [-0.05, 0) is 17.3 Å². The fraction of sp³-hybridized carbons (Fsp3) is 0.957. The molecule has 0 fully saturated rings. The number of carbonyl (C=O) groups is 1. The second-order valence-electron chi connectivity index (χ2n) is 7.90. The summed E-state index contributed by atoms with van der Waals surface area (Å²) in [4.78, 5) is 10.4. The van der Waals surface area contributed by atoms with E-state index in [1.165, 1.54) is 120 Å². The van der Waals surface area contributed by atoms with Crippen LogP contribution in [0.1, 0.15) is 135 Å². The van der Waals surface area contributed by atoms with Gasteiger partial charge in [-0.25, -0.2) is 0 Å². The number of unbranched alkanes of at least 4 members (excludes halogenated alkanes) is 19. The average molecular weight is 481 g/mol. The van der Waals surface area contributed by atoms with E-state index < -0.39 is 5.97 Å². The van der Waals surface area contributed by atoms with Gasteiger partial charge in [-0.1, -0.05) is 138 Å². The lowest BCUT2D eigenvalue weighted by atomic mass is 10.0. The Morgan fingerprint density at radius 1 is 0.462 bits per heavy atom. The molecule has 26 heavy (non-hydrogen) atoms. The molecule has 0 heterocycles. The maximum Gasteiger partial charge on any atom is 0.303 e. The Morgan fingerprint density at radius 3 is 0.923 bits per heavy atom. The highest BCUT2D eigenvalue weighted by molar-refractivity contribution is 14.1. The van der Waals surface area contributed by atoms with E-state index in [0.717, 1.165) is 12.8 Å². The van der Waals surface area contributed by atoms with Gasteiger partial charge in [-0.2, -0.15) is 0 Å². The van der Waals surface area contributed by atoms with E-state index in [2.05, 4.69) is 22.6 Å². The maximum atomic E-state index is 10.4. The Hall–Kier alpha value is 0.200. The lowest BCUT2D eigenvalue weighted by Gasteiger charge is -2.04. The van der Waals surface area contributed by atoms with Crippen LogP contribution in [0, 0.1) is 0 Å². The first-order chi connectivity index (χ1) is 12.8. The van der Waals surface area contributed by atoms with Crippen LogP contribution < -0.4 is 0 Å². The number of aliphatic carboxylic acids is 1. The van der Waals surface area contributed by atoms with Gasteiger partial charge in [0.15, 0.2) is 0 Å². The molecule has 0 unspecified atom stereocenters. The molecule has 0 bridgehead atoms. The van der Waals surface area contributed by atoms with E-state index in [0.29, 0.717) is 6.42 Å². The van der Waals surface area contributed by atoms with E-state index in [9.17, 15) is 4.79 Å². The standard InChI is InChI=1S/C23H45IO2/c24-22-20-18-16-14-12-10-8-6-4-2-1-3-5-7-9-11-13-15-17-19-21-23(25)26/h1-22H2,(H,25,26). The summed E-state index contributed by atoms with van der Waals surface area (Å²) >= 11 is 2.48. The molecule has 3 heteroatoms. The summed E-state index contributed by atoms with van der Waals surface area (Å²) in [6.07, 6.45) is 27.7. The number of carboxylic acids is 1. The number of carboxylic acid groups (broad SMARTS) is 1. The van der Waals surface area contributed by atoms with Crippen molar-refractivity contribution in [3.63, 3.8) is 0 Å². The Balaban J connectivity index is 2.98. The molecule has 0 aromatic rings. The predicted molar refractivity (Wildman–Crippen MR) is 123 cm³/mol. The summed E-state index contributed by atoms with van der Waals surface area (Å²) in [5.41, 5.74) is 0. The van der Waals surface area contributed by atoms with Crippen LogP contribution in [0.25, 0.3) is 0 Å². The Kier molecular flexibility index (Phi) is 23.4. The lowest BCUT2D eigenvalue weighted by Crippen LogP contribution is -1.93. The zero-order valence-corrected chi connectivity index (χ0v) is 19.4. The highest BCUT2D eigenvalue weighted by Crippen LogP contribution is 2.15. The first-order valence-electron chi connectivity index (χ1n) is 11.5. The average Bonchev–Trinajstić information content (AvgIpc) is 2.62. The fourth-order valence-corrected chi connectivity index (χ4v) is 4.09. The van der Waals surface area contributed by atoms with Crippen molar-refractivity contribution in [1.82, 2.24) is 0 Å². The first-order valence-corrected chi connectivity index (χ1v) is 13.1. The van der Waals surface area contributed by atoms with Crippen molar-refractivity contribution in [2.75, 3.05) is 4.43 Å². The maximum absolute atomic E-state index is 10.4. The topological polar surface area (TPSA) is 37.3 Å². The van der Waals surface area contributed by atoms with Gasteiger partial charge in [0, 0.05) is 6.42 Å². The van der Waals surface area contributed by atoms with Crippen molar-refractivity contribution < 1.29 is 9.90 Å². The van der Waals surface area contributed by atoms with Crippen LogP contribution in [0.5, 0.6) is 0 Å². The van der Waals surface area contributed by atoms with Crippen molar-refractivity contribution >= 4 is 28.6 Å². The molecule has 0 aliphatic rings. The number of hydrogen-bond donors (Lipinski definition) is 1. The van der Waals surface area contributed by atoms with Gasteiger partial charge in [-0.3, -0.25) is 4.79 Å². The molecule has 0 saturated heterocycles. The minimum atomic E-state index is -0.650. The monoisotopic (exact) mass is 480 g/mol. The van der Waals surface area contributed by atoms with Crippen LogP contribution in [-0.4, -0.2) is 15.5 Å². The second kappa shape index (κ2) is 23.2. The highest BCUT2D eigenvalue weighted by Gasteiger charge is 1.97. The van der Waals surface area contributed by atoms with E-state index in [4.69, 9.17) is 5.11 Å². The van der Waals surface area contributed by atoms with Gasteiger partial charge >= 0.3 is 5.97 Å². The lowest BCUT2D eigenvalue weighted by molar-refractivity contribution is -0.137. The third-order valence-electron chi connectivity index (χ3n) is 5.27. The van der Waals surface area contributed by atoms with Crippen LogP contribution in [-0.2, 0) is 4.79 Å². The summed E-state index contributed by atoms with van der Waals surface area (Å²) < 4.78 is 1.33. The van der Waals surface area contributed by atoms with E-state index in [1.54, 1.807) is 0 Å². The van der Waals surface area contributed by atoms with Gasteiger partial charge in [-0.15, -0.1) is 0 Å². The van der Waals surface area contributed by atoms with E-state index in [-0.39, 0.29) is 0 Å². The molecular formula is C23H45IO2. The minimum Gasteiger partial charge on any atom is -0.481 e. The van der Waals surface area contributed by atoms with Crippen LogP contribution in [0.4, 0.5) is 0 Å². The largest absolute Gasteiger partial charge is 0.481 e. The van der Waals surface area contributed by atoms with Gasteiger partial charge in [0.1, 0.15) is 0 Å². The number of rotatable bonds is 22. The van der Waals surface area contributed by atoms with Crippen molar-refractivity contribution in [1.29, 1.82) is 0 Å². The molecule has 1 N–H and O–H groups in total. The number of hydrogen-bond acceptors (Lipinski definition) is 1. The quantitative estimate of drug-likeness (QED) is 0.0956. The first kappa shape index (κ1) is 26.2. The summed E-state index contributed by atoms with van der Waals surface area (Å²) in [6.45, 7) is 0. The molecular weight excluding hydrogens is 435 g/mol. The molecule has 2 nitrogen and oxygen atoms in total. The molecule has 0 amide bonds. The molecule has 0 radical (unpaired) electrons. The SMILES string of the molecule is O=C(O)CCCCCCCCCCCCCCCCCCCCCCI. The Labute approximate surface area is 177 Å². The summed E-state index contributed by atoms with van der Waals surface area (Å²) in [5, 5.41) is 8.57. The van der Waals surface area contributed by atoms with Gasteiger partial charge < -0.3 is 5.11 Å². The molecule has 0 aromatic carbocycles. The summed E-state index contributed by atoms with van der Waals surface area (Å²) in [6, 6.07) is 0. The molecule has 0 aromatic heterocycles. The second-order valence-corrected chi connectivity index (χ2v) is 8.98. The van der Waals surface area contributed by atoms with Crippen molar-refractivity contribution in [3.05, 3.63) is 0 Å². The third kappa shape index (κ3) is 24.2. The van der Waals surface area contributed by atoms with Crippen LogP contribution in [0.15, 0.2) is 0 Å². The smallest absolute Gasteiger partial charge is 0.303 e. The summed E-state index contributed by atoms with van der Waals surface area (Å²) in [5.74, 6) is -0.650. The molecule has 0 atom stereocenters. The van der Waals surface area contributed by atoms with E-state index in [1.807, 2.05) is 0 Å². The molecule has 0 spiro atoms. The van der Waals surface area contributed by atoms with Crippen molar-refractivity contribution in [2.24, 2.45) is 0 Å². The van der Waals surface area contributed by atoms with Crippen LogP contribution >= 0.6 is 22.6 Å². The fourth-order valence-electron chi connectivity index (χ4n) is 3.55. The molecule has 156 valence electrons. The zero-order chi connectivity index (χ0) is 19.1. The van der Waals surface area contributed by atoms with E-state index >= 15 is 0 Å². The summed E-state index contributed by atoms with van der Waals surface area (Å²) in [7, 11) is 0. The molecule has 0 rings (SSSR count). The number of halogens is 1. The predicted octanol–water partition coefficient (Wildman–Crippen LogP) is 8.70. The Bertz CT molecular complexity index is 281. The van der Waals surface area contributed by atoms with Gasteiger partial charge in [0.25, 0.3) is 0 Å². The minimum absolute atomic E-state index is 0.346. The molecule has 0 saturated carbocycles. The van der Waals surface area contributed by atoms with Crippen molar-refractivity contribution in [2.45, 2.75) is 135 Å². The Morgan fingerprint density at radius 2 is 0.692 bits per heavy atom. The zero-order valence-electron chi connectivity index (χ0n) is 17.3. The van der Waals surface area contributed by atoms with Crippen LogP contribution in [0.2, 0.25) is 0 Å². The van der Waals surface area contributed by atoms with Crippen LogP contribution in [0.3, 0.4) is 0 Å². The number of alkyl halides is 1. The van der Waals surface area contributed by atoms with Gasteiger partial charge in [0.2, 0.25) is 0 Å². The van der Waals surface area contributed by atoms with Gasteiger partial charge in [0.05, 0.1) is 0 Å². The normalized spacial score (nSPS) is 11.1. The highest BCUT2D eigenvalue weighted by atomic mass is 127. The molecule has 0 aliphatic carbocycles. The molecule has 0 aliphatic heterocycles. The van der Waals surface area contributed by atoms with Crippen molar-refractivity contribution in [3.8, 4) is 0 Å². The third-order valence-corrected chi connectivity index (χ3v) is 6.04.